The molecule has 0 spiro atoms. The Morgan fingerprint density at radius 1 is 1.27 bits per heavy atom. The van der Waals surface area contributed by atoms with Gasteiger partial charge >= 0.3 is 0 Å². The Morgan fingerprint density at radius 2 is 2.00 bits per heavy atom. The lowest BCUT2D eigenvalue weighted by Gasteiger charge is -2.32. The molecule has 1 heterocycles. The highest BCUT2D eigenvalue weighted by Gasteiger charge is 2.19. The summed E-state index contributed by atoms with van der Waals surface area (Å²) in [5.74, 6) is 0.804. The summed E-state index contributed by atoms with van der Waals surface area (Å²) in [7, 11) is -0.554. The lowest BCUT2D eigenvalue weighted by atomic mass is 10.1. The van der Waals surface area contributed by atoms with E-state index >= 15 is 0 Å². The third kappa shape index (κ3) is 2.51. The second-order valence-electron chi connectivity index (χ2n) is 4.33. The van der Waals surface area contributed by atoms with E-state index < -0.39 is 8.96 Å². The molecule has 2 heteroatoms. The second kappa shape index (κ2) is 4.66. The zero-order chi connectivity index (χ0) is 10.7. The summed E-state index contributed by atoms with van der Waals surface area (Å²) in [6.07, 6.45) is 5.84. The second-order valence-corrected chi connectivity index (χ2v) is 6.65. The number of benzene rings is 1. The molecule has 1 atom stereocenters. The van der Waals surface area contributed by atoms with Crippen LogP contribution in [0.4, 0.5) is 0 Å². The monoisotopic (exact) mass is 216 g/mol. The van der Waals surface area contributed by atoms with Gasteiger partial charge in [-0.1, -0.05) is 43.3 Å². The summed E-state index contributed by atoms with van der Waals surface area (Å²) in [6, 6.07) is 10.9. The van der Waals surface area contributed by atoms with Gasteiger partial charge in [-0.3, -0.25) is 0 Å². The molecule has 1 unspecified atom stereocenters. The molecular formula is C13H18NSi. The molecule has 2 rings (SSSR count). The lowest BCUT2D eigenvalue weighted by molar-refractivity contribution is 0.422. The van der Waals surface area contributed by atoms with Gasteiger partial charge in [0, 0.05) is 6.54 Å². The minimum Gasteiger partial charge on any atom is -0.400 e. The van der Waals surface area contributed by atoms with Gasteiger partial charge in [0.15, 0.2) is 0 Å². The smallest absolute Gasteiger partial charge is 0.201 e. The fraction of sp³-hybridized carbons (Fsp3) is 0.385. The van der Waals surface area contributed by atoms with Crippen LogP contribution in [0.3, 0.4) is 0 Å². The minimum atomic E-state index is -0.554. The van der Waals surface area contributed by atoms with Crippen LogP contribution < -0.4 is 5.19 Å². The Balaban J connectivity index is 2.11. The van der Waals surface area contributed by atoms with Gasteiger partial charge in [0.1, 0.15) is 0 Å². The minimum absolute atomic E-state index is 0.554. The first-order valence-electron chi connectivity index (χ1n) is 5.59. The third-order valence-corrected chi connectivity index (χ3v) is 5.32. The van der Waals surface area contributed by atoms with Crippen LogP contribution in [0.25, 0.3) is 0 Å². The van der Waals surface area contributed by atoms with Crippen LogP contribution in [0.1, 0.15) is 13.3 Å². The maximum Gasteiger partial charge on any atom is 0.201 e. The predicted octanol–water partition coefficient (Wildman–Crippen LogP) is 2.37. The van der Waals surface area contributed by atoms with Crippen molar-refractivity contribution in [3.63, 3.8) is 0 Å². The molecule has 1 aromatic carbocycles. The quantitative estimate of drug-likeness (QED) is 0.686. The highest BCUT2D eigenvalue weighted by atomic mass is 28.3. The number of allylic oxidation sites excluding steroid dienone is 1. The summed E-state index contributed by atoms with van der Waals surface area (Å²) in [5.41, 5.74) is 0. The molecule has 0 fully saturated rings. The molecule has 0 bridgehead atoms. The summed E-state index contributed by atoms with van der Waals surface area (Å²) in [6.45, 7) is 5.93. The van der Waals surface area contributed by atoms with E-state index in [4.69, 9.17) is 0 Å². The molecule has 1 aliphatic heterocycles. The number of hydrogen-bond acceptors (Lipinski definition) is 1. The van der Waals surface area contributed by atoms with Crippen molar-refractivity contribution in [3.05, 3.63) is 42.6 Å². The van der Waals surface area contributed by atoms with Gasteiger partial charge in [-0.25, -0.2) is 0 Å². The predicted molar refractivity (Wildman–Crippen MR) is 67.3 cm³/mol. The van der Waals surface area contributed by atoms with Gasteiger partial charge in [0.05, 0.1) is 0 Å². The molecule has 0 saturated carbocycles. The topological polar surface area (TPSA) is 3.24 Å². The summed E-state index contributed by atoms with van der Waals surface area (Å²) in [4.78, 5) is 0. The molecule has 0 aromatic heterocycles. The van der Waals surface area contributed by atoms with Gasteiger partial charge in [-0.15, -0.1) is 0 Å². The Morgan fingerprint density at radius 3 is 2.67 bits per heavy atom. The van der Waals surface area contributed by atoms with Crippen molar-refractivity contribution < 1.29 is 0 Å². The van der Waals surface area contributed by atoms with Crippen LogP contribution in [0.2, 0.25) is 6.55 Å². The van der Waals surface area contributed by atoms with Gasteiger partial charge in [-0.05, 0) is 30.3 Å². The van der Waals surface area contributed by atoms with E-state index in [-0.39, 0.29) is 0 Å². The molecule has 15 heavy (non-hydrogen) atoms. The van der Waals surface area contributed by atoms with Crippen molar-refractivity contribution >= 4 is 14.1 Å². The van der Waals surface area contributed by atoms with Gasteiger partial charge in [0.25, 0.3) is 0 Å². The van der Waals surface area contributed by atoms with E-state index in [9.17, 15) is 0 Å². The van der Waals surface area contributed by atoms with Crippen molar-refractivity contribution in [3.8, 4) is 0 Å². The van der Waals surface area contributed by atoms with E-state index in [2.05, 4.69) is 60.6 Å². The van der Waals surface area contributed by atoms with Gasteiger partial charge in [0.2, 0.25) is 8.96 Å². The van der Waals surface area contributed by atoms with E-state index in [1.807, 2.05) is 0 Å². The van der Waals surface area contributed by atoms with Crippen molar-refractivity contribution in [2.24, 2.45) is 5.92 Å². The first-order chi connectivity index (χ1) is 7.27. The third-order valence-electron chi connectivity index (χ3n) is 2.95. The van der Waals surface area contributed by atoms with Crippen LogP contribution in [0, 0.1) is 5.92 Å². The van der Waals surface area contributed by atoms with Crippen molar-refractivity contribution in [1.82, 2.24) is 4.57 Å². The zero-order valence-corrected chi connectivity index (χ0v) is 10.5. The maximum atomic E-state index is 2.54. The first-order valence-corrected chi connectivity index (χ1v) is 7.54. The number of hydrogen-bond donors (Lipinski definition) is 0. The van der Waals surface area contributed by atoms with E-state index in [1.54, 1.807) is 0 Å². The average Bonchev–Trinajstić information content (AvgIpc) is 2.29. The standard InChI is InChI=1S/C13H18NSi/c1-12-7-6-10-14(11-12)15(2)13-8-4-3-5-9-13/h3-6,8-10,12H,7,11H2,1-2H3. The Bertz CT molecular complexity index is 334. The fourth-order valence-electron chi connectivity index (χ4n) is 1.99. The Kier molecular flexibility index (Phi) is 3.26. The van der Waals surface area contributed by atoms with Crippen molar-refractivity contribution in [2.75, 3.05) is 6.54 Å². The van der Waals surface area contributed by atoms with E-state index in [1.165, 1.54) is 18.2 Å². The number of rotatable bonds is 2. The van der Waals surface area contributed by atoms with E-state index in [0.717, 1.165) is 5.92 Å². The molecule has 1 nitrogen and oxygen atoms in total. The molecular weight excluding hydrogens is 198 g/mol. The summed E-state index contributed by atoms with van der Waals surface area (Å²) in [5, 5.41) is 1.50. The largest absolute Gasteiger partial charge is 0.400 e. The molecule has 0 saturated heterocycles. The van der Waals surface area contributed by atoms with Crippen LogP contribution in [0.5, 0.6) is 0 Å². The van der Waals surface area contributed by atoms with Crippen molar-refractivity contribution in [2.45, 2.75) is 19.9 Å². The number of nitrogens with zero attached hydrogens (tertiary/aromatic N) is 1. The van der Waals surface area contributed by atoms with E-state index in [0.29, 0.717) is 0 Å². The normalized spacial score (nSPS) is 21.0. The summed E-state index contributed by atoms with van der Waals surface area (Å²) < 4.78 is 2.54. The highest BCUT2D eigenvalue weighted by molar-refractivity contribution is 6.69. The maximum absolute atomic E-state index is 2.54. The van der Waals surface area contributed by atoms with Crippen LogP contribution >= 0.6 is 0 Å². The van der Waals surface area contributed by atoms with Crippen LogP contribution in [-0.4, -0.2) is 20.1 Å². The zero-order valence-electron chi connectivity index (χ0n) is 9.48. The molecule has 0 N–H and O–H groups in total. The summed E-state index contributed by atoms with van der Waals surface area (Å²) >= 11 is 0. The average molecular weight is 216 g/mol. The molecule has 0 amide bonds. The fourth-order valence-corrected chi connectivity index (χ4v) is 3.91. The van der Waals surface area contributed by atoms with Crippen LogP contribution in [0.15, 0.2) is 42.6 Å². The van der Waals surface area contributed by atoms with Crippen LogP contribution in [-0.2, 0) is 0 Å². The first kappa shape index (κ1) is 10.5. The lowest BCUT2D eigenvalue weighted by Crippen LogP contribution is -2.45. The Labute approximate surface area is 94.1 Å². The van der Waals surface area contributed by atoms with Gasteiger partial charge in [-0.2, -0.15) is 0 Å². The molecule has 79 valence electrons. The van der Waals surface area contributed by atoms with Gasteiger partial charge < -0.3 is 4.57 Å². The molecule has 1 aromatic rings. The molecule has 1 aliphatic rings. The highest BCUT2D eigenvalue weighted by Crippen LogP contribution is 2.13. The molecule has 1 radical (unpaired) electrons. The molecule has 0 aliphatic carbocycles. The SMILES string of the molecule is CC1CC=CN([Si](C)c2ccccc2)C1. The van der Waals surface area contributed by atoms with Crippen molar-refractivity contribution in [1.29, 1.82) is 0 Å². The Hall–Kier alpha value is -1.02.